The first-order chi connectivity index (χ1) is 7.65. The van der Waals surface area contributed by atoms with Crippen LogP contribution in [0.4, 0.5) is 0 Å². The second-order valence-corrected chi connectivity index (χ2v) is 5.70. The summed E-state index contributed by atoms with van der Waals surface area (Å²) >= 11 is 3.23. The number of hydrogen-bond donors (Lipinski definition) is 1. The van der Waals surface area contributed by atoms with Crippen molar-refractivity contribution in [2.75, 3.05) is 0 Å². The standard InChI is InChI=1S/C11H13N3S2/c1-7-6-15-11(14-7)16-10-4-3-9(5-13-10)8(2)12/h3-6,8H,12H2,1-2H3/t8-/m0/s1. The molecule has 2 N–H and O–H groups in total. The van der Waals surface area contributed by atoms with E-state index in [9.17, 15) is 0 Å². The maximum atomic E-state index is 5.76. The molecule has 2 heterocycles. The second-order valence-electron chi connectivity index (χ2n) is 3.58. The number of thiazole rings is 1. The summed E-state index contributed by atoms with van der Waals surface area (Å²) in [7, 11) is 0. The van der Waals surface area contributed by atoms with Gasteiger partial charge in [0, 0.05) is 23.3 Å². The highest BCUT2D eigenvalue weighted by atomic mass is 32.2. The number of nitrogens with two attached hydrogens (primary N) is 1. The molecule has 0 aromatic carbocycles. The van der Waals surface area contributed by atoms with Crippen LogP contribution in [0.25, 0.3) is 0 Å². The minimum atomic E-state index is 0.0358. The largest absolute Gasteiger partial charge is 0.324 e. The van der Waals surface area contributed by atoms with Gasteiger partial charge in [0.1, 0.15) is 5.03 Å². The molecule has 0 bridgehead atoms. The van der Waals surface area contributed by atoms with Crippen LogP contribution in [-0.4, -0.2) is 9.97 Å². The van der Waals surface area contributed by atoms with Crippen LogP contribution in [0.2, 0.25) is 0 Å². The van der Waals surface area contributed by atoms with E-state index in [0.717, 1.165) is 20.6 Å². The SMILES string of the molecule is Cc1csc(Sc2ccc([C@H](C)N)cn2)n1. The molecule has 2 aromatic heterocycles. The lowest BCUT2D eigenvalue weighted by Gasteiger charge is -2.04. The summed E-state index contributed by atoms with van der Waals surface area (Å²) < 4.78 is 1.03. The van der Waals surface area contributed by atoms with Gasteiger partial charge in [-0.25, -0.2) is 9.97 Å². The minimum Gasteiger partial charge on any atom is -0.324 e. The number of nitrogens with zero attached hydrogens (tertiary/aromatic N) is 2. The fourth-order valence-corrected chi connectivity index (χ4v) is 2.91. The highest BCUT2D eigenvalue weighted by Gasteiger charge is 2.04. The molecule has 5 heteroatoms. The Hall–Kier alpha value is -0.910. The molecule has 0 radical (unpaired) electrons. The lowest BCUT2D eigenvalue weighted by molar-refractivity contribution is 0.806. The van der Waals surface area contributed by atoms with E-state index in [2.05, 4.69) is 9.97 Å². The fourth-order valence-electron chi connectivity index (χ4n) is 1.19. The van der Waals surface area contributed by atoms with Gasteiger partial charge in [0.25, 0.3) is 0 Å². The Morgan fingerprint density at radius 2 is 2.25 bits per heavy atom. The van der Waals surface area contributed by atoms with Crippen molar-refractivity contribution in [1.29, 1.82) is 0 Å². The van der Waals surface area contributed by atoms with Crippen molar-refractivity contribution in [2.24, 2.45) is 5.73 Å². The van der Waals surface area contributed by atoms with Crippen LogP contribution in [0.3, 0.4) is 0 Å². The molecular formula is C11H13N3S2. The molecule has 0 aliphatic carbocycles. The zero-order chi connectivity index (χ0) is 11.5. The molecule has 0 saturated heterocycles. The average Bonchev–Trinajstić information content (AvgIpc) is 2.65. The Balaban J connectivity index is 2.11. The van der Waals surface area contributed by atoms with Gasteiger partial charge < -0.3 is 5.73 Å². The van der Waals surface area contributed by atoms with E-state index in [4.69, 9.17) is 5.73 Å². The topological polar surface area (TPSA) is 51.8 Å². The van der Waals surface area contributed by atoms with Crippen molar-refractivity contribution in [3.8, 4) is 0 Å². The molecule has 0 fully saturated rings. The van der Waals surface area contributed by atoms with Gasteiger partial charge in [-0.15, -0.1) is 11.3 Å². The summed E-state index contributed by atoms with van der Waals surface area (Å²) in [5, 5.41) is 3.00. The summed E-state index contributed by atoms with van der Waals surface area (Å²) in [5.74, 6) is 0. The molecule has 0 saturated carbocycles. The summed E-state index contributed by atoms with van der Waals surface area (Å²) in [5.41, 5.74) is 7.87. The summed E-state index contributed by atoms with van der Waals surface area (Å²) in [4.78, 5) is 8.73. The Labute approximate surface area is 103 Å². The van der Waals surface area contributed by atoms with E-state index >= 15 is 0 Å². The van der Waals surface area contributed by atoms with Gasteiger partial charge in [0.2, 0.25) is 0 Å². The Kier molecular flexibility index (Phi) is 3.58. The first-order valence-corrected chi connectivity index (χ1v) is 6.66. The van der Waals surface area contributed by atoms with Crippen LogP contribution in [-0.2, 0) is 0 Å². The van der Waals surface area contributed by atoms with E-state index in [0.29, 0.717) is 0 Å². The van der Waals surface area contributed by atoms with Crippen LogP contribution in [0.1, 0.15) is 24.2 Å². The van der Waals surface area contributed by atoms with E-state index in [1.54, 1.807) is 23.1 Å². The van der Waals surface area contributed by atoms with Gasteiger partial charge in [0.15, 0.2) is 4.34 Å². The lowest BCUT2D eigenvalue weighted by Crippen LogP contribution is -2.04. The quantitative estimate of drug-likeness (QED) is 0.911. The van der Waals surface area contributed by atoms with Gasteiger partial charge in [-0.05, 0) is 37.2 Å². The molecular weight excluding hydrogens is 238 g/mol. The van der Waals surface area contributed by atoms with Crippen molar-refractivity contribution in [2.45, 2.75) is 29.3 Å². The average molecular weight is 251 g/mol. The molecule has 0 spiro atoms. The fraction of sp³-hybridized carbons (Fsp3) is 0.273. The first kappa shape index (κ1) is 11.6. The maximum Gasteiger partial charge on any atom is 0.156 e. The molecule has 16 heavy (non-hydrogen) atoms. The third-order valence-corrected chi connectivity index (χ3v) is 4.08. The van der Waals surface area contributed by atoms with Gasteiger partial charge in [-0.1, -0.05) is 6.07 Å². The molecule has 2 aromatic rings. The summed E-state index contributed by atoms with van der Waals surface area (Å²) in [6.07, 6.45) is 1.83. The van der Waals surface area contributed by atoms with Gasteiger partial charge in [0.05, 0.1) is 0 Å². The Morgan fingerprint density at radius 3 is 2.75 bits per heavy atom. The highest BCUT2D eigenvalue weighted by Crippen LogP contribution is 2.28. The molecule has 84 valence electrons. The lowest BCUT2D eigenvalue weighted by atomic mass is 10.2. The van der Waals surface area contributed by atoms with E-state index < -0.39 is 0 Å². The van der Waals surface area contributed by atoms with Gasteiger partial charge in [-0.3, -0.25) is 0 Å². The normalized spacial score (nSPS) is 12.7. The van der Waals surface area contributed by atoms with Crippen LogP contribution >= 0.6 is 23.1 Å². The molecule has 0 unspecified atom stereocenters. The molecule has 2 rings (SSSR count). The van der Waals surface area contributed by atoms with Crippen molar-refractivity contribution < 1.29 is 0 Å². The van der Waals surface area contributed by atoms with Crippen LogP contribution < -0.4 is 5.73 Å². The Morgan fingerprint density at radius 1 is 1.44 bits per heavy atom. The minimum absolute atomic E-state index is 0.0358. The molecule has 0 aliphatic heterocycles. The number of rotatable bonds is 3. The van der Waals surface area contributed by atoms with Crippen molar-refractivity contribution in [1.82, 2.24) is 9.97 Å². The van der Waals surface area contributed by atoms with Crippen molar-refractivity contribution in [3.63, 3.8) is 0 Å². The molecule has 0 aliphatic rings. The van der Waals surface area contributed by atoms with E-state index in [-0.39, 0.29) is 6.04 Å². The zero-order valence-electron chi connectivity index (χ0n) is 9.18. The Bertz CT molecular complexity index is 462. The smallest absolute Gasteiger partial charge is 0.156 e. The monoisotopic (exact) mass is 251 g/mol. The van der Waals surface area contributed by atoms with Gasteiger partial charge in [-0.2, -0.15) is 0 Å². The van der Waals surface area contributed by atoms with Crippen LogP contribution in [0, 0.1) is 6.92 Å². The summed E-state index contributed by atoms with van der Waals surface area (Å²) in [6, 6.07) is 4.04. The number of hydrogen-bond acceptors (Lipinski definition) is 5. The number of aryl methyl sites for hydroxylation is 1. The second kappa shape index (κ2) is 4.95. The third kappa shape index (κ3) is 2.81. The molecule has 3 nitrogen and oxygen atoms in total. The zero-order valence-corrected chi connectivity index (χ0v) is 10.8. The first-order valence-electron chi connectivity index (χ1n) is 4.96. The maximum absolute atomic E-state index is 5.76. The van der Waals surface area contributed by atoms with Crippen LogP contribution in [0.15, 0.2) is 33.1 Å². The molecule has 0 amide bonds. The van der Waals surface area contributed by atoms with Crippen LogP contribution in [0.5, 0.6) is 0 Å². The van der Waals surface area contributed by atoms with E-state index in [1.165, 1.54) is 0 Å². The molecule has 1 atom stereocenters. The van der Waals surface area contributed by atoms with Crippen molar-refractivity contribution >= 4 is 23.1 Å². The third-order valence-electron chi connectivity index (χ3n) is 2.07. The van der Waals surface area contributed by atoms with Gasteiger partial charge >= 0.3 is 0 Å². The number of aromatic nitrogens is 2. The van der Waals surface area contributed by atoms with Crippen molar-refractivity contribution in [3.05, 3.63) is 35.0 Å². The summed E-state index contributed by atoms with van der Waals surface area (Å²) in [6.45, 7) is 3.95. The predicted octanol–water partition coefficient (Wildman–Crippen LogP) is 3.02. The number of pyridine rings is 1. The van der Waals surface area contributed by atoms with E-state index in [1.807, 2.05) is 37.6 Å². The highest BCUT2D eigenvalue weighted by molar-refractivity contribution is 8.00. The predicted molar refractivity (Wildman–Crippen MR) is 67.8 cm³/mol.